The van der Waals surface area contributed by atoms with Crippen LogP contribution in [0.25, 0.3) is 6.08 Å². The van der Waals surface area contributed by atoms with Gasteiger partial charge in [-0.15, -0.1) is 0 Å². The first-order chi connectivity index (χ1) is 15.7. The summed E-state index contributed by atoms with van der Waals surface area (Å²) >= 11 is 6.73. The molecule has 32 heavy (non-hydrogen) atoms. The molecule has 0 spiro atoms. The Labute approximate surface area is 196 Å². The fraction of sp³-hybridized carbons (Fsp3) is 0.120. The Bertz CT molecular complexity index is 1130. The van der Waals surface area contributed by atoms with Gasteiger partial charge in [0, 0.05) is 5.56 Å². The first kappa shape index (κ1) is 21.9. The van der Waals surface area contributed by atoms with Crippen molar-refractivity contribution < 1.29 is 19.0 Å². The van der Waals surface area contributed by atoms with Crippen LogP contribution in [0.2, 0.25) is 0 Å². The van der Waals surface area contributed by atoms with Crippen LogP contribution < -0.4 is 19.1 Å². The third-order valence-electron chi connectivity index (χ3n) is 4.68. The highest BCUT2D eigenvalue weighted by atomic mass is 32.2. The van der Waals surface area contributed by atoms with E-state index < -0.39 is 0 Å². The molecule has 1 aliphatic rings. The number of para-hydroxylation sites is 2. The van der Waals surface area contributed by atoms with Gasteiger partial charge >= 0.3 is 0 Å². The summed E-state index contributed by atoms with van der Waals surface area (Å²) in [5.74, 6) is 2.06. The van der Waals surface area contributed by atoms with Crippen LogP contribution in [0.15, 0.2) is 83.8 Å². The molecule has 1 fully saturated rings. The molecule has 0 bridgehead atoms. The van der Waals surface area contributed by atoms with E-state index in [9.17, 15) is 4.79 Å². The molecule has 1 heterocycles. The van der Waals surface area contributed by atoms with Gasteiger partial charge in [-0.3, -0.25) is 9.69 Å². The van der Waals surface area contributed by atoms with Crippen LogP contribution in [0.5, 0.6) is 17.2 Å². The van der Waals surface area contributed by atoms with Gasteiger partial charge in [-0.2, -0.15) is 0 Å². The lowest BCUT2D eigenvalue weighted by Gasteiger charge is -2.14. The van der Waals surface area contributed by atoms with Gasteiger partial charge in [-0.1, -0.05) is 60.4 Å². The molecule has 0 saturated carbocycles. The van der Waals surface area contributed by atoms with Gasteiger partial charge in [0.1, 0.15) is 30.5 Å². The quantitative estimate of drug-likeness (QED) is 0.248. The number of carbonyl (C=O) groups is 1. The summed E-state index contributed by atoms with van der Waals surface area (Å²) in [6.45, 7) is 0.749. The average Bonchev–Trinajstić information content (AvgIpc) is 3.11. The van der Waals surface area contributed by atoms with E-state index in [-0.39, 0.29) is 5.91 Å². The number of benzene rings is 3. The number of anilines is 1. The molecule has 1 saturated heterocycles. The minimum absolute atomic E-state index is 0.135. The summed E-state index contributed by atoms with van der Waals surface area (Å²) in [4.78, 5) is 15.1. The molecular weight excluding hydrogens is 442 g/mol. The Hall–Kier alpha value is -3.29. The topological polar surface area (TPSA) is 48.0 Å². The molecule has 0 aliphatic carbocycles. The maximum absolute atomic E-state index is 13.0. The SMILES string of the molecule is COc1ccc(OCCOc2ccccc2/C=C2/SC(=S)N(c3ccccc3)C2=O)cc1. The molecule has 162 valence electrons. The van der Waals surface area contributed by atoms with Crippen LogP contribution >= 0.6 is 24.0 Å². The molecule has 0 N–H and O–H groups in total. The highest BCUT2D eigenvalue weighted by molar-refractivity contribution is 8.27. The number of thiocarbonyl (C=S) groups is 1. The van der Waals surface area contributed by atoms with Crippen molar-refractivity contribution in [1.29, 1.82) is 0 Å². The van der Waals surface area contributed by atoms with E-state index >= 15 is 0 Å². The molecule has 4 rings (SSSR count). The van der Waals surface area contributed by atoms with Crippen LogP contribution in [-0.2, 0) is 4.79 Å². The fourth-order valence-electron chi connectivity index (χ4n) is 3.12. The van der Waals surface area contributed by atoms with Gasteiger partial charge in [0.05, 0.1) is 17.7 Å². The molecule has 1 amide bonds. The molecule has 7 heteroatoms. The van der Waals surface area contributed by atoms with E-state index in [4.69, 9.17) is 26.4 Å². The number of hydrogen-bond donors (Lipinski definition) is 0. The number of amides is 1. The Kier molecular flexibility index (Phi) is 7.09. The van der Waals surface area contributed by atoms with Crippen LogP contribution in [-0.4, -0.2) is 30.6 Å². The monoisotopic (exact) mass is 463 g/mol. The molecule has 0 unspecified atom stereocenters. The van der Waals surface area contributed by atoms with Crippen LogP contribution in [0, 0.1) is 0 Å². The summed E-state index contributed by atoms with van der Waals surface area (Å²) in [5.41, 5.74) is 1.57. The zero-order chi connectivity index (χ0) is 22.3. The first-order valence-corrected chi connectivity index (χ1v) is 11.2. The second kappa shape index (κ2) is 10.3. The van der Waals surface area contributed by atoms with Gasteiger partial charge in [-0.05, 0) is 48.5 Å². The van der Waals surface area contributed by atoms with Gasteiger partial charge in [0.15, 0.2) is 4.32 Å². The number of hydrogen-bond acceptors (Lipinski definition) is 6. The van der Waals surface area contributed by atoms with Gasteiger partial charge in [-0.25, -0.2) is 0 Å². The van der Waals surface area contributed by atoms with Gasteiger partial charge < -0.3 is 14.2 Å². The summed E-state index contributed by atoms with van der Waals surface area (Å²) in [7, 11) is 1.63. The van der Waals surface area contributed by atoms with E-state index in [1.165, 1.54) is 11.8 Å². The van der Waals surface area contributed by atoms with E-state index in [0.717, 1.165) is 22.7 Å². The number of thioether (sulfide) groups is 1. The second-order valence-corrected chi connectivity index (χ2v) is 8.44. The molecule has 1 aliphatic heterocycles. The standard InChI is InChI=1S/C25H21NO4S2/c1-28-20-11-13-21(14-12-20)29-15-16-30-22-10-6-5-7-18(22)17-23-24(27)26(25(31)32-23)19-8-3-2-4-9-19/h2-14,17H,15-16H2,1H3/b23-17+. The number of ether oxygens (including phenoxy) is 3. The average molecular weight is 464 g/mol. The maximum Gasteiger partial charge on any atom is 0.270 e. The highest BCUT2D eigenvalue weighted by Crippen LogP contribution is 2.37. The Balaban J connectivity index is 1.41. The minimum Gasteiger partial charge on any atom is -0.497 e. The van der Waals surface area contributed by atoms with Crippen LogP contribution in [0.3, 0.4) is 0 Å². The largest absolute Gasteiger partial charge is 0.497 e. The van der Waals surface area contributed by atoms with Crippen molar-refractivity contribution in [3.63, 3.8) is 0 Å². The second-order valence-electron chi connectivity index (χ2n) is 6.76. The minimum atomic E-state index is -0.135. The lowest BCUT2D eigenvalue weighted by Crippen LogP contribution is -2.27. The van der Waals surface area contributed by atoms with E-state index in [2.05, 4.69) is 0 Å². The Morgan fingerprint density at radius 3 is 2.28 bits per heavy atom. The van der Waals surface area contributed by atoms with Crippen molar-refractivity contribution in [2.45, 2.75) is 0 Å². The third kappa shape index (κ3) is 5.12. The molecule has 5 nitrogen and oxygen atoms in total. The summed E-state index contributed by atoms with van der Waals surface area (Å²) in [6.07, 6.45) is 1.82. The van der Waals surface area contributed by atoms with Gasteiger partial charge in [0.25, 0.3) is 5.91 Å². The van der Waals surface area contributed by atoms with Crippen molar-refractivity contribution in [3.8, 4) is 17.2 Å². The molecule has 3 aromatic carbocycles. The normalized spacial score (nSPS) is 14.7. The molecule has 0 radical (unpaired) electrons. The lowest BCUT2D eigenvalue weighted by molar-refractivity contribution is -0.113. The predicted molar refractivity (Wildman–Crippen MR) is 133 cm³/mol. The first-order valence-electron chi connectivity index (χ1n) is 9.97. The zero-order valence-electron chi connectivity index (χ0n) is 17.4. The van der Waals surface area contributed by atoms with E-state index in [0.29, 0.717) is 28.2 Å². The smallest absolute Gasteiger partial charge is 0.270 e. The summed E-state index contributed by atoms with van der Waals surface area (Å²) in [6, 6.07) is 24.4. The third-order valence-corrected chi connectivity index (χ3v) is 5.98. The van der Waals surface area contributed by atoms with Crippen molar-refractivity contribution in [1.82, 2.24) is 0 Å². The molecule has 0 atom stereocenters. The Morgan fingerprint density at radius 1 is 0.875 bits per heavy atom. The molecular formula is C25H21NO4S2. The number of rotatable bonds is 8. The Morgan fingerprint density at radius 2 is 1.53 bits per heavy atom. The lowest BCUT2D eigenvalue weighted by atomic mass is 10.2. The van der Waals surface area contributed by atoms with Gasteiger partial charge in [0.2, 0.25) is 0 Å². The highest BCUT2D eigenvalue weighted by Gasteiger charge is 2.33. The number of nitrogens with zero attached hydrogens (tertiary/aromatic N) is 1. The van der Waals surface area contributed by atoms with Crippen molar-refractivity contribution in [2.75, 3.05) is 25.2 Å². The summed E-state index contributed by atoms with van der Waals surface area (Å²) < 4.78 is 17.3. The predicted octanol–water partition coefficient (Wildman–Crippen LogP) is 5.56. The molecule has 0 aromatic heterocycles. The summed E-state index contributed by atoms with van der Waals surface area (Å²) in [5, 5.41) is 0. The number of methoxy groups -OCH3 is 1. The van der Waals surface area contributed by atoms with Crippen molar-refractivity contribution in [3.05, 3.63) is 89.3 Å². The van der Waals surface area contributed by atoms with Crippen LogP contribution in [0.1, 0.15) is 5.56 Å². The van der Waals surface area contributed by atoms with Crippen LogP contribution in [0.4, 0.5) is 5.69 Å². The fourth-order valence-corrected chi connectivity index (χ4v) is 4.41. The van der Waals surface area contributed by atoms with Crippen molar-refractivity contribution >= 4 is 46.0 Å². The molecule has 3 aromatic rings. The van der Waals surface area contributed by atoms with E-state index in [1.807, 2.05) is 84.9 Å². The van der Waals surface area contributed by atoms with E-state index in [1.54, 1.807) is 12.0 Å². The number of carbonyl (C=O) groups excluding carboxylic acids is 1. The maximum atomic E-state index is 13.0. The van der Waals surface area contributed by atoms with Crippen molar-refractivity contribution in [2.24, 2.45) is 0 Å². The zero-order valence-corrected chi connectivity index (χ0v) is 19.0.